The number of rotatable bonds is 12. The fourth-order valence-corrected chi connectivity index (χ4v) is 6.44. The monoisotopic (exact) mass is 766 g/mol. The van der Waals surface area contributed by atoms with Crippen LogP contribution in [0.25, 0.3) is 22.0 Å². The average molecular weight is 767 g/mol. The summed E-state index contributed by atoms with van der Waals surface area (Å²) in [5, 5.41) is -1.25. The average Bonchev–Trinajstić information content (AvgIpc) is 3.29. The van der Waals surface area contributed by atoms with Gasteiger partial charge in [-0.15, -0.1) is 11.8 Å². The second kappa shape index (κ2) is 16.7. The molecule has 6 nitrogen and oxygen atoms in total. The van der Waals surface area contributed by atoms with Gasteiger partial charge < -0.3 is 19.1 Å². The summed E-state index contributed by atoms with van der Waals surface area (Å²) in [4.78, 5) is 31.6. The van der Waals surface area contributed by atoms with Crippen molar-refractivity contribution in [3.63, 3.8) is 0 Å². The molecule has 53 heavy (non-hydrogen) atoms. The number of fused-ring (bicyclic) bond motifs is 1. The van der Waals surface area contributed by atoms with Gasteiger partial charge in [-0.25, -0.2) is 8.78 Å². The number of carbonyl (C=O) groups is 1. The summed E-state index contributed by atoms with van der Waals surface area (Å²) in [7, 11) is 1.46. The summed E-state index contributed by atoms with van der Waals surface area (Å²) in [6.07, 6.45) is -5.45. The third-order valence-electron chi connectivity index (χ3n) is 8.19. The lowest BCUT2D eigenvalue weighted by molar-refractivity contribution is -0.137. The molecule has 4 aromatic carbocycles. The minimum atomic E-state index is -5.38. The van der Waals surface area contributed by atoms with E-state index in [0.717, 1.165) is 4.57 Å². The quantitative estimate of drug-likeness (QED) is 0.0940. The normalized spacial score (nSPS) is 19.0. The molecule has 1 fully saturated rings. The maximum absolute atomic E-state index is 15.3. The smallest absolute Gasteiger partial charge is 0.383 e. The molecule has 6 rings (SSSR count). The molecule has 2 heterocycles. The number of piperidine rings is 1. The topological polar surface area (TPSA) is 54.8 Å². The number of halogens is 5. The molecule has 12 heteroatoms. The van der Waals surface area contributed by atoms with Gasteiger partial charge >= 0.3 is 6.18 Å². The molecule has 0 saturated carbocycles. The van der Waals surface area contributed by atoms with Crippen LogP contribution in [-0.4, -0.2) is 59.7 Å². The number of carbonyl (C=O) groups excluding carboxylic acids is 1. The number of ether oxygens (including phenoxy) is 1. The van der Waals surface area contributed by atoms with Crippen molar-refractivity contribution in [2.75, 3.05) is 33.4 Å². The zero-order valence-electron chi connectivity index (χ0n) is 45.1. The van der Waals surface area contributed by atoms with E-state index in [1.54, 1.807) is 0 Å². The van der Waals surface area contributed by atoms with Crippen molar-refractivity contribution in [1.82, 2.24) is 14.4 Å². The van der Waals surface area contributed by atoms with Crippen molar-refractivity contribution in [1.29, 1.82) is 0 Å². The Morgan fingerprint density at radius 1 is 0.981 bits per heavy atom. The lowest BCUT2D eigenvalue weighted by Gasteiger charge is -2.39. The molecule has 1 aliphatic heterocycles. The second-order valence-corrected chi connectivity index (χ2v) is 12.7. The zero-order valence-corrected chi connectivity index (χ0v) is 28.9. The Labute approximate surface area is 333 Å². The van der Waals surface area contributed by atoms with E-state index < -0.39 is 188 Å². The first-order chi connectivity index (χ1) is 32.5. The molecule has 0 aliphatic carbocycles. The molecule has 1 saturated heterocycles. The Kier molecular flexibility index (Phi) is 6.91. The molecule has 0 unspecified atom stereocenters. The molecule has 0 bridgehead atoms. The maximum Gasteiger partial charge on any atom is 0.416 e. The Morgan fingerprint density at radius 3 is 2.32 bits per heavy atom. The standard InChI is InChI=1S/C41H40F5N3O3S/c1-27-6-15-36-34(22-27)37(50)23-39(53-26-31-4-3-5-35(42)40(31)43)49(36)25-38(51)48(33-16-18-47(19-17-33)20-21-52-2)24-28-7-9-29(10-8-28)30-11-13-32(14-12-30)41(44,45)46/h3-15,22-23,33H,16-21,24-26H2,1-2H3/i3D,4D,5D,6D,7D,8D,9D,10D,11D,12D,13D,14D,15D,22D,23D,24D2. The van der Waals surface area contributed by atoms with E-state index in [2.05, 4.69) is 0 Å². The summed E-state index contributed by atoms with van der Waals surface area (Å²) < 4.78 is 224. The van der Waals surface area contributed by atoms with Crippen LogP contribution < -0.4 is 5.43 Å². The summed E-state index contributed by atoms with van der Waals surface area (Å²) >= 11 is 0.334. The van der Waals surface area contributed by atoms with Crippen LogP contribution in [0, 0.1) is 18.6 Å². The number of pyridine rings is 1. The second-order valence-electron chi connectivity index (χ2n) is 11.8. The van der Waals surface area contributed by atoms with E-state index in [-0.39, 0.29) is 38.1 Å². The molecule has 0 N–H and O–H groups in total. The van der Waals surface area contributed by atoms with Crippen molar-refractivity contribution in [3.05, 3.63) is 135 Å². The summed E-state index contributed by atoms with van der Waals surface area (Å²) in [5.74, 6) is -5.65. The molecular weight excluding hydrogens is 710 g/mol. The first-order valence-electron chi connectivity index (χ1n) is 24.5. The SMILES string of the molecule is [2H]c1c([2H])c(F)c(F)c(CSc2c([2H])c(=O)c3c([2H])c(C)c([2H])c([2H])c3n2CC(=O)N(C2CCN(CCOC)CC2)C([2H])([2H])c2c([2H])c([2H])c(-c3c([2H])c([2H])c(C(F)(F)F)c([2H])c3[2H])c([2H])c2[2H])c1[2H]. The van der Waals surface area contributed by atoms with E-state index in [1.165, 1.54) is 14.0 Å². The molecule has 0 spiro atoms. The van der Waals surface area contributed by atoms with Crippen molar-refractivity contribution in [2.45, 2.75) is 55.8 Å². The van der Waals surface area contributed by atoms with Gasteiger partial charge in [0.05, 0.1) is 46.0 Å². The molecule has 278 valence electrons. The van der Waals surface area contributed by atoms with Crippen LogP contribution in [-0.2, 0) is 34.5 Å². The summed E-state index contributed by atoms with van der Waals surface area (Å²) in [6.45, 7) is -2.34. The van der Waals surface area contributed by atoms with E-state index in [4.69, 9.17) is 25.3 Å². The van der Waals surface area contributed by atoms with E-state index in [0.29, 0.717) is 23.2 Å². The van der Waals surface area contributed by atoms with Crippen LogP contribution in [0.2, 0.25) is 0 Å². The number of hydrogen-bond donors (Lipinski definition) is 0. The van der Waals surface area contributed by atoms with Gasteiger partial charge in [0.1, 0.15) is 6.54 Å². The van der Waals surface area contributed by atoms with Crippen molar-refractivity contribution in [3.8, 4) is 11.1 Å². The van der Waals surface area contributed by atoms with E-state index in [9.17, 15) is 25.1 Å². The maximum atomic E-state index is 15.3. The van der Waals surface area contributed by atoms with Crippen LogP contribution in [0.15, 0.2) is 100 Å². The number of nitrogens with zero attached hydrogens (tertiary/aromatic N) is 3. The van der Waals surface area contributed by atoms with Crippen molar-refractivity contribution < 1.29 is 54.8 Å². The third kappa shape index (κ3) is 9.17. The Balaban J connectivity index is 1.59. The molecule has 1 aliphatic rings. The molecule has 0 atom stereocenters. The Morgan fingerprint density at radius 2 is 1.66 bits per heavy atom. The van der Waals surface area contributed by atoms with Crippen molar-refractivity contribution in [2.24, 2.45) is 0 Å². The third-order valence-corrected chi connectivity index (χ3v) is 9.22. The minimum absolute atomic E-state index is 0.0326. The molecule has 5 aromatic rings. The van der Waals surface area contributed by atoms with Gasteiger partial charge in [0, 0.05) is 62.0 Å². The van der Waals surface area contributed by atoms with Gasteiger partial charge in [0.25, 0.3) is 0 Å². The Bertz CT molecular complexity index is 2970. The van der Waals surface area contributed by atoms with Gasteiger partial charge in [0.15, 0.2) is 17.1 Å². The minimum Gasteiger partial charge on any atom is -0.383 e. The van der Waals surface area contributed by atoms with Crippen LogP contribution >= 0.6 is 11.8 Å². The molecule has 1 amide bonds. The molecular formula is C41H40F5N3O3S. The fraction of sp³-hybridized carbons (Fsp3) is 0.317. The van der Waals surface area contributed by atoms with Crippen LogP contribution in [0.4, 0.5) is 22.0 Å². The summed E-state index contributed by atoms with van der Waals surface area (Å²) in [6, 6.07) is -18.3. The van der Waals surface area contributed by atoms with E-state index in [1.807, 2.05) is 4.90 Å². The van der Waals surface area contributed by atoms with Gasteiger partial charge in [-0.1, -0.05) is 59.9 Å². The first-order valence-corrected chi connectivity index (χ1v) is 17.0. The Hall–Kier alpha value is -4.52. The highest BCUT2D eigenvalue weighted by atomic mass is 32.2. The first kappa shape index (κ1) is 22.0. The van der Waals surface area contributed by atoms with Gasteiger partial charge in [-0.3, -0.25) is 9.59 Å². The number of aromatic nitrogens is 1. The van der Waals surface area contributed by atoms with Gasteiger partial charge in [0.2, 0.25) is 5.91 Å². The zero-order chi connectivity index (χ0) is 52.5. The fourth-order valence-electron chi connectivity index (χ4n) is 5.48. The lowest BCUT2D eigenvalue weighted by atomic mass is 10.00. The molecule has 1 aromatic heterocycles. The lowest BCUT2D eigenvalue weighted by Crippen LogP contribution is -2.48. The number of thioether (sulfide) groups is 1. The van der Waals surface area contributed by atoms with Crippen LogP contribution in [0.5, 0.6) is 0 Å². The number of amides is 1. The van der Waals surface area contributed by atoms with Gasteiger partial charge in [-0.2, -0.15) is 13.2 Å². The van der Waals surface area contributed by atoms with Crippen LogP contribution in [0.1, 0.15) is 58.4 Å². The largest absolute Gasteiger partial charge is 0.416 e. The highest BCUT2D eigenvalue weighted by Crippen LogP contribution is 2.32. The van der Waals surface area contributed by atoms with E-state index >= 15 is 9.18 Å². The van der Waals surface area contributed by atoms with Crippen LogP contribution in [0.3, 0.4) is 0 Å². The number of methoxy groups -OCH3 is 1. The number of benzene rings is 4. The highest BCUT2D eigenvalue weighted by Gasteiger charge is 2.31. The number of likely N-dealkylation sites (tertiary alicyclic amines) is 1. The number of alkyl halides is 3. The predicted molar refractivity (Wildman–Crippen MR) is 198 cm³/mol. The van der Waals surface area contributed by atoms with Crippen molar-refractivity contribution >= 4 is 28.6 Å². The molecule has 0 radical (unpaired) electrons. The van der Waals surface area contributed by atoms with Gasteiger partial charge in [-0.05, 0) is 66.7 Å². The highest BCUT2D eigenvalue weighted by molar-refractivity contribution is 7.98. The summed E-state index contributed by atoms with van der Waals surface area (Å²) in [5.41, 5.74) is -8.00. The predicted octanol–water partition coefficient (Wildman–Crippen LogP) is 8.71. The number of hydrogen-bond acceptors (Lipinski definition) is 5.